The van der Waals surface area contributed by atoms with E-state index in [1.54, 1.807) is 17.2 Å². The van der Waals surface area contributed by atoms with E-state index < -0.39 is 0 Å². The molecule has 3 rings (SSSR count). The number of aryl methyl sites for hydroxylation is 1. The van der Waals surface area contributed by atoms with E-state index in [1.165, 1.54) is 0 Å². The Morgan fingerprint density at radius 3 is 2.74 bits per heavy atom. The smallest absolute Gasteiger partial charge is 0.248 e. The Morgan fingerprint density at radius 2 is 1.96 bits per heavy atom. The third-order valence-corrected chi connectivity index (χ3v) is 3.45. The van der Waals surface area contributed by atoms with Gasteiger partial charge in [0.2, 0.25) is 11.9 Å². The van der Waals surface area contributed by atoms with Crippen LogP contribution in [0.4, 0.5) is 5.95 Å². The van der Waals surface area contributed by atoms with Gasteiger partial charge in [0.05, 0.1) is 18.7 Å². The number of amides is 1. The van der Waals surface area contributed by atoms with Gasteiger partial charge in [0.1, 0.15) is 6.33 Å². The van der Waals surface area contributed by atoms with Gasteiger partial charge < -0.3 is 0 Å². The van der Waals surface area contributed by atoms with Gasteiger partial charge in [-0.15, -0.1) is 5.10 Å². The monoisotopic (exact) mass is 307 g/mol. The average Bonchev–Trinajstić information content (AvgIpc) is 2.97. The van der Waals surface area contributed by atoms with Crippen LogP contribution in [-0.2, 0) is 17.8 Å². The number of nitrogens with zero attached hydrogens (tertiary/aromatic N) is 4. The third kappa shape index (κ3) is 4.00. The van der Waals surface area contributed by atoms with Crippen LogP contribution in [0.3, 0.4) is 0 Å². The predicted molar refractivity (Wildman–Crippen MR) is 86.9 cm³/mol. The van der Waals surface area contributed by atoms with E-state index in [9.17, 15) is 4.79 Å². The molecule has 6 heteroatoms. The Balaban J connectivity index is 1.60. The van der Waals surface area contributed by atoms with Gasteiger partial charge in [-0.2, -0.15) is 0 Å². The molecule has 0 unspecified atom stereocenters. The molecule has 23 heavy (non-hydrogen) atoms. The van der Waals surface area contributed by atoms with Crippen molar-refractivity contribution >= 4 is 11.9 Å². The van der Waals surface area contributed by atoms with Crippen LogP contribution >= 0.6 is 0 Å². The molecule has 0 bridgehead atoms. The van der Waals surface area contributed by atoms with Gasteiger partial charge in [-0.25, -0.2) is 9.67 Å². The summed E-state index contributed by atoms with van der Waals surface area (Å²) in [5.74, 6) is 0.175. The minimum atomic E-state index is -0.130. The van der Waals surface area contributed by atoms with Crippen LogP contribution in [0.25, 0.3) is 0 Å². The van der Waals surface area contributed by atoms with Crippen LogP contribution in [0.2, 0.25) is 0 Å². The van der Waals surface area contributed by atoms with Crippen molar-refractivity contribution in [1.29, 1.82) is 0 Å². The molecule has 0 saturated carbocycles. The lowest BCUT2D eigenvalue weighted by Gasteiger charge is -2.04. The predicted octanol–water partition coefficient (Wildman–Crippen LogP) is 2.21. The largest absolute Gasteiger partial charge is 0.293 e. The molecular formula is C17H17N5O. The number of hydrogen-bond donors (Lipinski definition) is 1. The fraction of sp³-hybridized carbons (Fsp3) is 0.176. The molecule has 0 aliphatic rings. The zero-order valence-electron chi connectivity index (χ0n) is 12.8. The van der Waals surface area contributed by atoms with Crippen LogP contribution in [-0.4, -0.2) is 25.7 Å². The maximum Gasteiger partial charge on any atom is 0.248 e. The molecule has 2 aromatic heterocycles. The summed E-state index contributed by atoms with van der Waals surface area (Å²) in [6.07, 6.45) is 3.62. The second-order valence-electron chi connectivity index (χ2n) is 5.24. The molecule has 1 aromatic carbocycles. The second kappa shape index (κ2) is 6.83. The normalized spacial score (nSPS) is 10.5. The van der Waals surface area contributed by atoms with E-state index in [4.69, 9.17) is 0 Å². The summed E-state index contributed by atoms with van der Waals surface area (Å²) < 4.78 is 1.64. The number of nitrogens with one attached hydrogen (secondary N) is 1. The van der Waals surface area contributed by atoms with E-state index in [-0.39, 0.29) is 5.91 Å². The number of aromatic nitrogens is 4. The first-order valence-corrected chi connectivity index (χ1v) is 7.34. The first kappa shape index (κ1) is 14.9. The summed E-state index contributed by atoms with van der Waals surface area (Å²) in [6.45, 7) is 2.50. The Hall–Kier alpha value is -3.02. The fourth-order valence-corrected chi connectivity index (χ4v) is 2.24. The van der Waals surface area contributed by atoms with E-state index in [2.05, 4.69) is 20.4 Å². The molecule has 116 valence electrons. The molecule has 2 heterocycles. The minimum absolute atomic E-state index is 0.130. The minimum Gasteiger partial charge on any atom is -0.293 e. The molecule has 0 aliphatic heterocycles. The summed E-state index contributed by atoms with van der Waals surface area (Å²) in [6, 6.07) is 13.5. The SMILES string of the molecule is Cc1ccccc1CC(=O)Nc1ncn(Cc2ccccn2)n1. The summed E-state index contributed by atoms with van der Waals surface area (Å²) in [5, 5.41) is 6.96. The Kier molecular flexibility index (Phi) is 4.42. The van der Waals surface area contributed by atoms with Crippen molar-refractivity contribution in [2.75, 3.05) is 5.32 Å². The molecule has 1 amide bonds. The quantitative estimate of drug-likeness (QED) is 0.784. The Morgan fingerprint density at radius 1 is 1.13 bits per heavy atom. The maximum absolute atomic E-state index is 12.1. The molecule has 0 saturated heterocycles. The first-order valence-electron chi connectivity index (χ1n) is 7.34. The van der Waals surface area contributed by atoms with E-state index >= 15 is 0 Å². The number of anilines is 1. The Labute approximate surface area is 134 Å². The van der Waals surface area contributed by atoms with Crippen molar-refractivity contribution in [2.24, 2.45) is 0 Å². The standard InChI is InChI=1S/C17H17N5O/c1-13-6-2-3-7-14(13)10-16(23)20-17-19-12-22(21-17)11-15-8-4-5-9-18-15/h2-9,12H,10-11H2,1H3,(H,20,21,23). The van der Waals surface area contributed by atoms with Gasteiger partial charge in [-0.05, 0) is 30.2 Å². The highest BCUT2D eigenvalue weighted by molar-refractivity contribution is 5.90. The number of hydrogen-bond acceptors (Lipinski definition) is 4. The summed E-state index contributed by atoms with van der Waals surface area (Å²) in [5.41, 5.74) is 2.98. The topological polar surface area (TPSA) is 72.7 Å². The molecular weight excluding hydrogens is 290 g/mol. The lowest BCUT2D eigenvalue weighted by Crippen LogP contribution is -2.16. The van der Waals surface area contributed by atoms with Crippen molar-refractivity contribution in [3.05, 3.63) is 71.8 Å². The second-order valence-corrected chi connectivity index (χ2v) is 5.24. The van der Waals surface area contributed by atoms with Gasteiger partial charge in [-0.1, -0.05) is 30.3 Å². The van der Waals surface area contributed by atoms with Gasteiger partial charge >= 0.3 is 0 Å². The molecule has 1 N–H and O–H groups in total. The van der Waals surface area contributed by atoms with Crippen molar-refractivity contribution in [3.8, 4) is 0 Å². The van der Waals surface area contributed by atoms with Crippen LogP contribution < -0.4 is 5.32 Å². The summed E-state index contributed by atoms with van der Waals surface area (Å²) >= 11 is 0. The number of rotatable bonds is 5. The number of carbonyl (C=O) groups is 1. The van der Waals surface area contributed by atoms with Crippen molar-refractivity contribution in [1.82, 2.24) is 19.7 Å². The fourth-order valence-electron chi connectivity index (χ4n) is 2.24. The number of carbonyl (C=O) groups excluding carboxylic acids is 1. The number of pyridine rings is 1. The highest BCUT2D eigenvalue weighted by Crippen LogP contribution is 2.09. The zero-order chi connectivity index (χ0) is 16.1. The van der Waals surface area contributed by atoms with Crippen LogP contribution in [0.5, 0.6) is 0 Å². The lowest BCUT2D eigenvalue weighted by molar-refractivity contribution is -0.115. The van der Waals surface area contributed by atoms with Crippen molar-refractivity contribution < 1.29 is 4.79 Å². The van der Waals surface area contributed by atoms with Crippen molar-refractivity contribution in [2.45, 2.75) is 19.9 Å². The van der Waals surface area contributed by atoms with E-state index in [0.29, 0.717) is 18.9 Å². The number of benzene rings is 1. The molecule has 3 aromatic rings. The Bertz CT molecular complexity index is 798. The summed E-state index contributed by atoms with van der Waals surface area (Å²) in [4.78, 5) is 20.4. The van der Waals surface area contributed by atoms with Crippen LogP contribution in [0.1, 0.15) is 16.8 Å². The highest BCUT2D eigenvalue weighted by Gasteiger charge is 2.09. The molecule has 0 atom stereocenters. The molecule has 0 fully saturated rings. The van der Waals surface area contributed by atoms with Gasteiger partial charge in [0.25, 0.3) is 0 Å². The van der Waals surface area contributed by atoms with E-state index in [1.807, 2.05) is 49.4 Å². The molecule has 0 radical (unpaired) electrons. The third-order valence-electron chi connectivity index (χ3n) is 3.45. The lowest BCUT2D eigenvalue weighted by atomic mass is 10.1. The van der Waals surface area contributed by atoms with E-state index in [0.717, 1.165) is 16.8 Å². The van der Waals surface area contributed by atoms with Gasteiger partial charge in [0.15, 0.2) is 0 Å². The van der Waals surface area contributed by atoms with Crippen molar-refractivity contribution in [3.63, 3.8) is 0 Å². The van der Waals surface area contributed by atoms with Gasteiger partial charge in [-0.3, -0.25) is 15.1 Å². The molecule has 0 aliphatic carbocycles. The maximum atomic E-state index is 12.1. The highest BCUT2D eigenvalue weighted by atomic mass is 16.1. The van der Waals surface area contributed by atoms with Gasteiger partial charge in [0, 0.05) is 6.20 Å². The molecule has 6 nitrogen and oxygen atoms in total. The zero-order valence-corrected chi connectivity index (χ0v) is 12.8. The summed E-state index contributed by atoms with van der Waals surface area (Å²) in [7, 11) is 0. The average molecular weight is 307 g/mol. The first-order chi connectivity index (χ1) is 11.2. The van der Waals surface area contributed by atoms with Crippen LogP contribution in [0.15, 0.2) is 55.0 Å². The van der Waals surface area contributed by atoms with Crippen LogP contribution in [0, 0.1) is 6.92 Å². The molecule has 0 spiro atoms.